The second kappa shape index (κ2) is 7.37. The molecule has 112 valence electrons. The molecule has 2 nitrogen and oxygen atoms in total. The topological polar surface area (TPSA) is 29.1 Å². The van der Waals surface area contributed by atoms with Gasteiger partial charge < -0.3 is 5.32 Å². The van der Waals surface area contributed by atoms with Gasteiger partial charge in [-0.15, -0.1) is 0 Å². The fourth-order valence-corrected chi connectivity index (χ4v) is 5.07. The highest BCUT2D eigenvalue weighted by Crippen LogP contribution is 2.25. The SMILES string of the molecule is CCNC1CCCCC1S(=O)Cc1cc(C)cc(C)c1. The fourth-order valence-electron chi connectivity index (χ4n) is 3.33. The zero-order valence-corrected chi connectivity index (χ0v) is 13.8. The third-order valence-electron chi connectivity index (χ3n) is 4.10. The van der Waals surface area contributed by atoms with Gasteiger partial charge in [0.2, 0.25) is 0 Å². The molecule has 2 rings (SSSR count). The molecule has 0 bridgehead atoms. The average Bonchev–Trinajstić information content (AvgIpc) is 2.38. The summed E-state index contributed by atoms with van der Waals surface area (Å²) in [6, 6.07) is 6.97. The van der Waals surface area contributed by atoms with E-state index in [9.17, 15) is 4.21 Å². The van der Waals surface area contributed by atoms with Crippen LogP contribution in [-0.2, 0) is 16.6 Å². The maximum Gasteiger partial charge on any atom is 0.0504 e. The highest BCUT2D eigenvalue weighted by atomic mass is 32.2. The molecule has 1 N–H and O–H groups in total. The van der Waals surface area contributed by atoms with Crippen molar-refractivity contribution in [3.8, 4) is 0 Å². The second-order valence-electron chi connectivity index (χ2n) is 6.01. The van der Waals surface area contributed by atoms with Gasteiger partial charge in [-0.25, -0.2) is 0 Å². The van der Waals surface area contributed by atoms with Gasteiger partial charge in [-0.1, -0.05) is 49.1 Å². The van der Waals surface area contributed by atoms with E-state index in [0.717, 1.165) is 13.0 Å². The van der Waals surface area contributed by atoms with E-state index in [1.165, 1.54) is 36.0 Å². The Morgan fingerprint density at radius 2 is 1.80 bits per heavy atom. The van der Waals surface area contributed by atoms with Crippen molar-refractivity contribution in [1.82, 2.24) is 5.32 Å². The Morgan fingerprint density at radius 1 is 1.15 bits per heavy atom. The zero-order chi connectivity index (χ0) is 14.5. The normalized spacial score (nSPS) is 24.6. The lowest BCUT2D eigenvalue weighted by Crippen LogP contribution is -2.44. The maximum absolute atomic E-state index is 12.7. The van der Waals surface area contributed by atoms with Crippen LogP contribution in [0.3, 0.4) is 0 Å². The van der Waals surface area contributed by atoms with E-state index in [0.29, 0.717) is 17.0 Å². The van der Waals surface area contributed by atoms with E-state index in [2.05, 4.69) is 44.3 Å². The molecule has 3 unspecified atom stereocenters. The minimum absolute atomic E-state index is 0.324. The van der Waals surface area contributed by atoms with Crippen LogP contribution in [0.25, 0.3) is 0 Å². The van der Waals surface area contributed by atoms with Crippen molar-refractivity contribution in [1.29, 1.82) is 0 Å². The average molecular weight is 293 g/mol. The first-order valence-electron chi connectivity index (χ1n) is 7.78. The van der Waals surface area contributed by atoms with Crippen LogP contribution in [0.5, 0.6) is 0 Å². The maximum atomic E-state index is 12.7. The van der Waals surface area contributed by atoms with Crippen LogP contribution in [0, 0.1) is 13.8 Å². The van der Waals surface area contributed by atoms with E-state index in [-0.39, 0.29) is 0 Å². The Morgan fingerprint density at radius 3 is 2.45 bits per heavy atom. The smallest absolute Gasteiger partial charge is 0.0504 e. The Hall–Kier alpha value is -0.670. The fraction of sp³-hybridized carbons (Fsp3) is 0.647. The van der Waals surface area contributed by atoms with Crippen molar-refractivity contribution >= 4 is 10.8 Å². The standard InChI is InChI=1S/C17H27NOS/c1-4-18-16-7-5-6-8-17(16)20(19)12-15-10-13(2)9-14(3)11-15/h9-11,16-18H,4-8,12H2,1-3H3. The molecule has 0 amide bonds. The third-order valence-corrected chi connectivity index (χ3v) is 5.95. The molecule has 20 heavy (non-hydrogen) atoms. The summed E-state index contributed by atoms with van der Waals surface area (Å²) in [7, 11) is -0.768. The number of hydrogen-bond donors (Lipinski definition) is 1. The summed E-state index contributed by atoms with van der Waals surface area (Å²) in [4.78, 5) is 0. The van der Waals surface area contributed by atoms with Crippen LogP contribution in [0.1, 0.15) is 49.3 Å². The van der Waals surface area contributed by atoms with Gasteiger partial charge in [-0.05, 0) is 38.8 Å². The molecule has 0 aromatic heterocycles. The molecule has 1 aliphatic carbocycles. The summed E-state index contributed by atoms with van der Waals surface area (Å²) in [5.41, 5.74) is 3.76. The van der Waals surface area contributed by atoms with Gasteiger partial charge in [0.25, 0.3) is 0 Å². The van der Waals surface area contributed by atoms with Gasteiger partial charge in [-0.2, -0.15) is 0 Å². The van der Waals surface area contributed by atoms with Gasteiger partial charge in [0.05, 0.1) is 5.25 Å². The molecule has 3 atom stereocenters. The van der Waals surface area contributed by atoms with Crippen molar-refractivity contribution in [2.24, 2.45) is 0 Å². The van der Waals surface area contributed by atoms with Crippen molar-refractivity contribution < 1.29 is 4.21 Å². The highest BCUT2D eigenvalue weighted by molar-refractivity contribution is 7.84. The number of nitrogens with one attached hydrogen (secondary N) is 1. The van der Waals surface area contributed by atoms with Crippen LogP contribution in [0.15, 0.2) is 18.2 Å². The summed E-state index contributed by atoms with van der Waals surface area (Å²) in [6.07, 6.45) is 4.78. The quantitative estimate of drug-likeness (QED) is 0.900. The molecule has 0 aliphatic heterocycles. The minimum Gasteiger partial charge on any atom is -0.313 e. The Balaban J connectivity index is 2.05. The molecule has 0 radical (unpaired) electrons. The summed E-state index contributed by atoms with van der Waals surface area (Å²) < 4.78 is 12.7. The number of hydrogen-bond acceptors (Lipinski definition) is 2. The predicted molar refractivity (Wildman–Crippen MR) is 87.5 cm³/mol. The molecular weight excluding hydrogens is 266 g/mol. The van der Waals surface area contributed by atoms with Crippen molar-refractivity contribution in [2.45, 2.75) is 63.5 Å². The summed E-state index contributed by atoms with van der Waals surface area (Å²) in [5.74, 6) is 0.703. The number of benzene rings is 1. The molecule has 1 fully saturated rings. The van der Waals surface area contributed by atoms with Crippen LogP contribution in [-0.4, -0.2) is 22.0 Å². The third kappa shape index (κ3) is 4.16. The zero-order valence-electron chi connectivity index (χ0n) is 12.9. The van der Waals surface area contributed by atoms with Crippen LogP contribution in [0.2, 0.25) is 0 Å². The molecule has 1 saturated carbocycles. The first-order valence-corrected chi connectivity index (χ1v) is 9.16. The van der Waals surface area contributed by atoms with Crippen molar-refractivity contribution in [3.63, 3.8) is 0 Å². The van der Waals surface area contributed by atoms with Crippen LogP contribution < -0.4 is 5.32 Å². The van der Waals surface area contributed by atoms with Gasteiger partial charge in [0.1, 0.15) is 0 Å². The molecule has 0 heterocycles. The predicted octanol–water partition coefficient (Wildman–Crippen LogP) is 3.47. The molecule has 0 saturated heterocycles. The largest absolute Gasteiger partial charge is 0.313 e. The molecule has 1 aromatic carbocycles. The van der Waals surface area contributed by atoms with Crippen molar-refractivity contribution in [2.75, 3.05) is 6.54 Å². The Kier molecular flexibility index (Phi) is 5.79. The second-order valence-corrected chi connectivity index (χ2v) is 7.66. The number of aryl methyl sites for hydroxylation is 2. The summed E-state index contributed by atoms with van der Waals surface area (Å²) >= 11 is 0. The van der Waals surface area contributed by atoms with Gasteiger partial charge in [-0.3, -0.25) is 4.21 Å². The van der Waals surface area contributed by atoms with E-state index < -0.39 is 10.8 Å². The molecule has 3 heteroatoms. The summed E-state index contributed by atoms with van der Waals surface area (Å²) in [5, 5.41) is 3.85. The van der Waals surface area contributed by atoms with Gasteiger partial charge in [0, 0.05) is 22.6 Å². The highest BCUT2D eigenvalue weighted by Gasteiger charge is 2.29. The van der Waals surface area contributed by atoms with E-state index in [4.69, 9.17) is 0 Å². The van der Waals surface area contributed by atoms with E-state index in [1.807, 2.05) is 0 Å². The molecule has 1 aliphatic rings. The van der Waals surface area contributed by atoms with Crippen molar-refractivity contribution in [3.05, 3.63) is 34.9 Å². The van der Waals surface area contributed by atoms with Gasteiger partial charge >= 0.3 is 0 Å². The van der Waals surface area contributed by atoms with E-state index in [1.54, 1.807) is 0 Å². The monoisotopic (exact) mass is 293 g/mol. The van der Waals surface area contributed by atoms with Gasteiger partial charge in [0.15, 0.2) is 0 Å². The lowest BCUT2D eigenvalue weighted by atomic mass is 9.95. The molecular formula is C17H27NOS. The summed E-state index contributed by atoms with van der Waals surface area (Å²) in [6.45, 7) is 7.34. The molecule has 1 aromatic rings. The minimum atomic E-state index is -0.768. The number of rotatable bonds is 5. The van der Waals surface area contributed by atoms with Crippen LogP contribution >= 0.6 is 0 Å². The first kappa shape index (κ1) is 15.7. The lowest BCUT2D eigenvalue weighted by molar-refractivity contribution is 0.385. The Bertz CT molecular complexity index is 450. The van der Waals surface area contributed by atoms with Crippen LogP contribution in [0.4, 0.5) is 0 Å². The van der Waals surface area contributed by atoms with E-state index >= 15 is 0 Å². The molecule has 0 spiro atoms. The lowest BCUT2D eigenvalue weighted by Gasteiger charge is -2.31. The first-order chi connectivity index (χ1) is 9.60. The Labute approximate surface area is 125 Å².